The average molecular weight is 435 g/mol. The van der Waals surface area contributed by atoms with Gasteiger partial charge in [0.15, 0.2) is 5.41 Å². The van der Waals surface area contributed by atoms with Gasteiger partial charge in [-0.15, -0.1) is 0 Å². The maximum atomic E-state index is 11.7. The minimum Gasteiger partial charge on any atom is -1.00 e. The number of carboxylic acids is 2. The van der Waals surface area contributed by atoms with Crippen molar-refractivity contribution in [2.24, 2.45) is 5.41 Å². The number of hydrogen-bond donors (Lipinski definition) is 2. The molecule has 0 aliphatic carbocycles. The van der Waals surface area contributed by atoms with Gasteiger partial charge in [-0.1, -0.05) is 110 Å². The predicted octanol–water partition coefficient (Wildman–Crippen LogP) is 1.05. The van der Waals surface area contributed by atoms with Crippen LogP contribution in [0.1, 0.15) is 126 Å². The van der Waals surface area contributed by atoms with Crippen LogP contribution < -0.4 is 80.9 Å². The van der Waals surface area contributed by atoms with E-state index in [0.717, 1.165) is 38.5 Å². The minimum absolute atomic E-state index is 0. The molecule has 0 amide bonds. The van der Waals surface area contributed by atoms with Gasteiger partial charge in [-0.3, -0.25) is 9.59 Å². The smallest absolute Gasteiger partial charge is 1.00 e. The first kappa shape index (κ1) is 34.2. The maximum Gasteiger partial charge on any atom is 1.00 e. The zero-order chi connectivity index (χ0) is 19.7. The molecule has 0 aromatic rings. The molecule has 0 aromatic heterocycles. The summed E-state index contributed by atoms with van der Waals surface area (Å²) in [6, 6.07) is 0. The maximum absolute atomic E-state index is 11.7. The monoisotopic (exact) mass is 434 g/mol. The van der Waals surface area contributed by atoms with E-state index in [4.69, 9.17) is 0 Å². The number of carboxylic acid groups (broad SMARTS) is 2. The van der Waals surface area contributed by atoms with Crippen molar-refractivity contribution in [3.05, 3.63) is 0 Å². The zero-order valence-electron chi connectivity index (χ0n) is 21.2. The Bertz CT molecular complexity index is 374. The van der Waals surface area contributed by atoms with E-state index >= 15 is 0 Å². The van der Waals surface area contributed by atoms with E-state index in [1.165, 1.54) is 44.9 Å². The van der Waals surface area contributed by atoms with E-state index < -0.39 is 17.4 Å². The van der Waals surface area contributed by atoms with Gasteiger partial charge in [0.05, 0.1) is 0 Å². The molecule has 0 atom stereocenters. The second-order valence-electron chi connectivity index (χ2n) is 7.79. The summed E-state index contributed by atoms with van der Waals surface area (Å²) in [5, 5.41) is 19.1. The van der Waals surface area contributed by atoms with Gasteiger partial charge in [-0.25, -0.2) is 0 Å². The molecular weight excluding hydrogens is 390 g/mol. The Labute approximate surface area is 241 Å². The van der Waals surface area contributed by atoms with Crippen molar-refractivity contribution < 1.29 is 104 Å². The van der Waals surface area contributed by atoms with Gasteiger partial charge in [0.1, 0.15) is 0 Å². The van der Waals surface area contributed by atoms with Crippen LogP contribution in [0.25, 0.3) is 0 Å². The van der Waals surface area contributed by atoms with Crippen molar-refractivity contribution >= 4 is 11.9 Å². The standard InChI is InChI=1S/C22H42O4.K.Na.2H/c1-3-5-7-9-10-11-12-13-15-17-19-22(20(23)24,21(25)26)18-16-14-8-6-4-2;;;;/h3-19H2,1-2H3,(H,23,24)(H,25,26);;;;/q;2*+1;2*-1. The van der Waals surface area contributed by atoms with E-state index in [-0.39, 0.29) is 96.6 Å². The Balaban J connectivity index is -0.000000521. The van der Waals surface area contributed by atoms with Gasteiger partial charge in [-0.05, 0) is 12.8 Å². The number of hydrogen-bond acceptors (Lipinski definition) is 2. The molecule has 4 nitrogen and oxygen atoms in total. The second-order valence-corrected chi connectivity index (χ2v) is 7.79. The first-order valence-electron chi connectivity index (χ1n) is 11.0. The third kappa shape index (κ3) is 16.3. The van der Waals surface area contributed by atoms with Crippen LogP contribution in [0.4, 0.5) is 0 Å². The summed E-state index contributed by atoms with van der Waals surface area (Å²) in [5.74, 6) is -2.31. The molecule has 2 N–H and O–H groups in total. The fraction of sp³-hybridized carbons (Fsp3) is 0.909. The Kier molecular flexibility index (Phi) is 28.4. The number of aliphatic carboxylic acids is 2. The summed E-state index contributed by atoms with van der Waals surface area (Å²) in [6.45, 7) is 4.35. The molecule has 0 aliphatic heterocycles. The topological polar surface area (TPSA) is 74.6 Å². The van der Waals surface area contributed by atoms with Gasteiger partial charge in [0.2, 0.25) is 0 Å². The average Bonchev–Trinajstić information content (AvgIpc) is 2.60. The van der Waals surface area contributed by atoms with E-state index in [0.29, 0.717) is 12.8 Å². The molecule has 0 fully saturated rings. The molecule has 0 heterocycles. The van der Waals surface area contributed by atoms with E-state index in [1.807, 2.05) is 0 Å². The molecule has 158 valence electrons. The Morgan fingerprint density at radius 1 is 0.607 bits per heavy atom. The number of carbonyl (C=O) groups is 2. The van der Waals surface area contributed by atoms with Crippen LogP contribution in [0.15, 0.2) is 0 Å². The van der Waals surface area contributed by atoms with E-state index in [9.17, 15) is 19.8 Å². The van der Waals surface area contributed by atoms with Crippen LogP contribution >= 0.6 is 0 Å². The van der Waals surface area contributed by atoms with Gasteiger partial charge in [-0.2, -0.15) is 0 Å². The van der Waals surface area contributed by atoms with Crippen molar-refractivity contribution in [3.63, 3.8) is 0 Å². The quantitative estimate of drug-likeness (QED) is 0.181. The Morgan fingerprint density at radius 2 is 0.857 bits per heavy atom. The van der Waals surface area contributed by atoms with Crippen molar-refractivity contribution in [2.75, 3.05) is 0 Å². The first-order chi connectivity index (χ1) is 12.5. The molecule has 0 saturated carbocycles. The molecule has 6 heteroatoms. The van der Waals surface area contributed by atoms with Crippen molar-refractivity contribution in [2.45, 2.75) is 123 Å². The zero-order valence-corrected chi connectivity index (χ0v) is 24.4. The summed E-state index contributed by atoms with van der Waals surface area (Å²) in [5.41, 5.74) is -1.58. The number of unbranched alkanes of at least 4 members (excludes halogenated alkanes) is 13. The van der Waals surface area contributed by atoms with E-state index in [2.05, 4.69) is 13.8 Å². The molecule has 0 saturated heterocycles. The van der Waals surface area contributed by atoms with Gasteiger partial charge in [0, 0.05) is 0 Å². The minimum atomic E-state index is -1.58. The third-order valence-corrected chi connectivity index (χ3v) is 5.48. The van der Waals surface area contributed by atoms with Crippen LogP contribution in [0.2, 0.25) is 0 Å². The van der Waals surface area contributed by atoms with Crippen molar-refractivity contribution in [1.29, 1.82) is 0 Å². The second kappa shape index (κ2) is 23.2. The molecule has 0 bridgehead atoms. The van der Waals surface area contributed by atoms with Crippen LogP contribution in [-0.4, -0.2) is 22.2 Å². The molecule has 0 rings (SSSR count). The largest absolute Gasteiger partial charge is 1.00 e. The van der Waals surface area contributed by atoms with Crippen LogP contribution in [0.3, 0.4) is 0 Å². The summed E-state index contributed by atoms with van der Waals surface area (Å²) in [4.78, 5) is 23.4. The van der Waals surface area contributed by atoms with Gasteiger partial charge < -0.3 is 13.1 Å². The Hall–Kier alpha value is 1.58. The first-order valence-corrected chi connectivity index (χ1v) is 11.0. The van der Waals surface area contributed by atoms with Crippen LogP contribution in [-0.2, 0) is 9.59 Å². The summed E-state index contributed by atoms with van der Waals surface area (Å²) < 4.78 is 0. The molecule has 0 unspecified atom stereocenters. The van der Waals surface area contributed by atoms with Gasteiger partial charge in [0.25, 0.3) is 0 Å². The normalized spacial score (nSPS) is 10.8. The number of rotatable bonds is 19. The van der Waals surface area contributed by atoms with Crippen molar-refractivity contribution in [1.82, 2.24) is 0 Å². The predicted molar refractivity (Wildman–Crippen MR) is 110 cm³/mol. The summed E-state index contributed by atoms with van der Waals surface area (Å²) in [6.07, 6.45) is 17.1. The molecule has 28 heavy (non-hydrogen) atoms. The molecule has 0 spiro atoms. The SMILES string of the molecule is CCCCCCCCCCCCC(CCCCCCC)(C(=O)O)C(=O)O.[H-].[H-].[K+].[Na+]. The Morgan fingerprint density at radius 3 is 1.11 bits per heavy atom. The molecule has 0 radical (unpaired) electrons. The van der Waals surface area contributed by atoms with Gasteiger partial charge >= 0.3 is 92.9 Å². The van der Waals surface area contributed by atoms with Crippen LogP contribution in [0, 0.1) is 5.41 Å². The fourth-order valence-corrected chi connectivity index (χ4v) is 3.59. The molecule has 0 aromatic carbocycles. The fourth-order valence-electron chi connectivity index (χ4n) is 3.59. The van der Waals surface area contributed by atoms with E-state index in [1.54, 1.807) is 0 Å². The molecular formula is C22H44KNaO4. The summed E-state index contributed by atoms with van der Waals surface area (Å²) in [7, 11) is 0. The molecule has 0 aliphatic rings. The van der Waals surface area contributed by atoms with Crippen molar-refractivity contribution in [3.8, 4) is 0 Å². The van der Waals surface area contributed by atoms with Crippen LogP contribution in [0.5, 0.6) is 0 Å². The third-order valence-electron chi connectivity index (χ3n) is 5.48. The summed E-state index contributed by atoms with van der Waals surface area (Å²) >= 11 is 0.